The summed E-state index contributed by atoms with van der Waals surface area (Å²) >= 11 is 0. The zero-order valence-electron chi connectivity index (χ0n) is 14.6. The summed E-state index contributed by atoms with van der Waals surface area (Å²) in [6.45, 7) is 2.00. The molecule has 2 aromatic carbocycles. The Morgan fingerprint density at radius 1 is 1.12 bits per heavy atom. The van der Waals surface area contributed by atoms with E-state index in [1.54, 1.807) is 6.20 Å². The Hall–Kier alpha value is -3.08. The van der Waals surface area contributed by atoms with Crippen molar-refractivity contribution in [1.82, 2.24) is 9.97 Å². The van der Waals surface area contributed by atoms with Crippen molar-refractivity contribution in [3.63, 3.8) is 0 Å². The molecule has 0 fully saturated rings. The van der Waals surface area contributed by atoms with E-state index in [-0.39, 0.29) is 18.6 Å². The van der Waals surface area contributed by atoms with Gasteiger partial charge in [-0.25, -0.2) is 9.97 Å². The first-order chi connectivity index (χ1) is 12.5. The standard InChI is InChI=1S/C21H20N2O3/c1-14-7-8-19-17(9-14)13-22-20(23-19)12-18(24)11-16(21(25)26)10-15-5-3-2-4-6-15/h2-9,13,16H,10-12H2,1H3,(H,25,26). The maximum absolute atomic E-state index is 12.4. The van der Waals surface area contributed by atoms with Gasteiger partial charge in [0, 0.05) is 18.0 Å². The fraction of sp³-hybridized carbons (Fsp3) is 0.238. The molecule has 5 heteroatoms. The van der Waals surface area contributed by atoms with Crippen LogP contribution in [0.25, 0.3) is 10.9 Å². The van der Waals surface area contributed by atoms with Crippen LogP contribution in [-0.2, 0) is 22.4 Å². The molecule has 0 saturated carbocycles. The van der Waals surface area contributed by atoms with E-state index in [1.165, 1.54) is 0 Å². The van der Waals surface area contributed by atoms with Gasteiger partial charge in [-0.15, -0.1) is 0 Å². The highest BCUT2D eigenvalue weighted by molar-refractivity contribution is 5.85. The Morgan fingerprint density at radius 2 is 1.88 bits per heavy atom. The molecule has 0 amide bonds. The third kappa shape index (κ3) is 4.51. The first kappa shape index (κ1) is 17.7. The van der Waals surface area contributed by atoms with Gasteiger partial charge in [0.2, 0.25) is 0 Å². The number of hydrogen-bond donors (Lipinski definition) is 1. The molecule has 1 unspecified atom stereocenters. The lowest BCUT2D eigenvalue weighted by molar-refractivity contribution is -0.143. The highest BCUT2D eigenvalue weighted by Crippen LogP contribution is 2.16. The number of ketones is 1. The van der Waals surface area contributed by atoms with E-state index in [0.29, 0.717) is 12.2 Å². The molecule has 1 heterocycles. The van der Waals surface area contributed by atoms with Crippen LogP contribution < -0.4 is 0 Å². The predicted octanol–water partition coefficient (Wildman–Crippen LogP) is 3.38. The minimum absolute atomic E-state index is 0.0283. The Morgan fingerprint density at radius 3 is 2.62 bits per heavy atom. The minimum Gasteiger partial charge on any atom is -0.481 e. The average molecular weight is 348 g/mol. The van der Waals surface area contributed by atoms with E-state index in [1.807, 2.05) is 55.5 Å². The topological polar surface area (TPSA) is 80.2 Å². The van der Waals surface area contributed by atoms with Crippen LogP contribution in [0.5, 0.6) is 0 Å². The summed E-state index contributed by atoms with van der Waals surface area (Å²) in [6.07, 6.45) is 2.05. The molecule has 0 saturated heterocycles. The van der Waals surface area contributed by atoms with E-state index in [9.17, 15) is 14.7 Å². The van der Waals surface area contributed by atoms with Crippen molar-refractivity contribution >= 4 is 22.7 Å². The molecule has 0 aliphatic carbocycles. The first-order valence-electron chi connectivity index (χ1n) is 8.52. The molecule has 0 spiro atoms. The molecule has 5 nitrogen and oxygen atoms in total. The molecule has 1 atom stereocenters. The number of carboxylic acid groups (broad SMARTS) is 1. The van der Waals surface area contributed by atoms with Gasteiger partial charge >= 0.3 is 5.97 Å². The number of Topliss-reactive ketones (excluding diaryl/α,β-unsaturated/α-hetero) is 1. The number of carbonyl (C=O) groups is 2. The van der Waals surface area contributed by atoms with Gasteiger partial charge in [-0.05, 0) is 31.0 Å². The van der Waals surface area contributed by atoms with Crippen molar-refractivity contribution in [3.8, 4) is 0 Å². The third-order valence-corrected chi connectivity index (χ3v) is 4.29. The Kier molecular flexibility index (Phi) is 5.37. The van der Waals surface area contributed by atoms with Crippen LogP contribution in [0.1, 0.15) is 23.4 Å². The largest absolute Gasteiger partial charge is 0.481 e. The molecule has 26 heavy (non-hydrogen) atoms. The molecule has 0 aliphatic rings. The summed E-state index contributed by atoms with van der Waals surface area (Å²) < 4.78 is 0. The van der Waals surface area contributed by atoms with Gasteiger partial charge in [-0.1, -0.05) is 42.0 Å². The number of carbonyl (C=O) groups excluding carboxylic acids is 1. The fourth-order valence-corrected chi connectivity index (χ4v) is 2.95. The molecule has 1 N–H and O–H groups in total. The van der Waals surface area contributed by atoms with Crippen LogP contribution in [0, 0.1) is 12.8 Å². The molecule has 3 aromatic rings. The van der Waals surface area contributed by atoms with E-state index >= 15 is 0 Å². The Balaban J connectivity index is 1.68. The SMILES string of the molecule is Cc1ccc2nc(CC(=O)CC(Cc3ccccc3)C(=O)O)ncc2c1. The van der Waals surface area contributed by atoms with Crippen LogP contribution >= 0.6 is 0 Å². The van der Waals surface area contributed by atoms with Crippen molar-refractivity contribution in [2.75, 3.05) is 0 Å². The highest BCUT2D eigenvalue weighted by Gasteiger charge is 2.22. The van der Waals surface area contributed by atoms with Crippen LogP contribution in [0.15, 0.2) is 54.7 Å². The first-order valence-corrected chi connectivity index (χ1v) is 8.52. The second-order valence-corrected chi connectivity index (χ2v) is 6.49. The van der Waals surface area contributed by atoms with E-state index in [2.05, 4.69) is 9.97 Å². The summed E-state index contributed by atoms with van der Waals surface area (Å²) in [6, 6.07) is 15.2. The lowest BCUT2D eigenvalue weighted by Crippen LogP contribution is -2.21. The van der Waals surface area contributed by atoms with Crippen molar-refractivity contribution in [2.45, 2.75) is 26.2 Å². The average Bonchev–Trinajstić information content (AvgIpc) is 2.62. The van der Waals surface area contributed by atoms with Gasteiger partial charge in [0.25, 0.3) is 0 Å². The van der Waals surface area contributed by atoms with E-state index in [0.717, 1.165) is 22.0 Å². The number of aryl methyl sites for hydroxylation is 1. The van der Waals surface area contributed by atoms with E-state index in [4.69, 9.17) is 0 Å². The van der Waals surface area contributed by atoms with Crippen molar-refractivity contribution in [1.29, 1.82) is 0 Å². The van der Waals surface area contributed by atoms with Gasteiger partial charge in [-0.3, -0.25) is 9.59 Å². The summed E-state index contributed by atoms with van der Waals surface area (Å²) in [5.74, 6) is -1.44. The van der Waals surface area contributed by atoms with Crippen LogP contribution in [0.3, 0.4) is 0 Å². The van der Waals surface area contributed by atoms with Crippen molar-refractivity contribution < 1.29 is 14.7 Å². The van der Waals surface area contributed by atoms with Crippen LogP contribution in [0.2, 0.25) is 0 Å². The molecular formula is C21H20N2O3. The maximum atomic E-state index is 12.4. The Labute approximate surface area is 151 Å². The number of benzene rings is 2. The lowest BCUT2D eigenvalue weighted by Gasteiger charge is -2.11. The predicted molar refractivity (Wildman–Crippen MR) is 98.9 cm³/mol. The number of nitrogens with zero attached hydrogens (tertiary/aromatic N) is 2. The molecule has 0 radical (unpaired) electrons. The number of hydrogen-bond acceptors (Lipinski definition) is 4. The quantitative estimate of drug-likeness (QED) is 0.708. The number of aliphatic carboxylic acids is 1. The third-order valence-electron chi connectivity index (χ3n) is 4.29. The highest BCUT2D eigenvalue weighted by atomic mass is 16.4. The van der Waals surface area contributed by atoms with E-state index < -0.39 is 11.9 Å². The zero-order valence-corrected chi connectivity index (χ0v) is 14.6. The zero-order chi connectivity index (χ0) is 18.5. The summed E-state index contributed by atoms with van der Waals surface area (Å²) in [7, 11) is 0. The lowest BCUT2D eigenvalue weighted by atomic mass is 9.93. The number of rotatable bonds is 7. The van der Waals surface area contributed by atoms with Crippen molar-refractivity contribution in [2.24, 2.45) is 5.92 Å². The molecular weight excluding hydrogens is 328 g/mol. The van der Waals surface area contributed by atoms with Crippen LogP contribution in [-0.4, -0.2) is 26.8 Å². The molecule has 1 aromatic heterocycles. The maximum Gasteiger partial charge on any atom is 0.307 e. The van der Waals surface area contributed by atoms with Crippen LogP contribution in [0.4, 0.5) is 0 Å². The monoisotopic (exact) mass is 348 g/mol. The minimum atomic E-state index is -0.961. The molecule has 0 bridgehead atoms. The second-order valence-electron chi connectivity index (χ2n) is 6.49. The summed E-state index contributed by atoms with van der Waals surface area (Å²) in [5, 5.41) is 10.4. The number of aromatic nitrogens is 2. The normalized spacial score (nSPS) is 12.0. The smallest absolute Gasteiger partial charge is 0.307 e. The fourth-order valence-electron chi connectivity index (χ4n) is 2.95. The Bertz CT molecular complexity index is 938. The molecule has 0 aliphatic heterocycles. The van der Waals surface area contributed by atoms with Crippen molar-refractivity contribution in [3.05, 3.63) is 71.7 Å². The molecule has 3 rings (SSSR count). The molecule has 132 valence electrons. The summed E-state index contributed by atoms with van der Waals surface area (Å²) in [5.41, 5.74) is 2.81. The summed E-state index contributed by atoms with van der Waals surface area (Å²) in [4.78, 5) is 32.5. The number of carboxylic acids is 1. The van der Waals surface area contributed by atoms with Gasteiger partial charge < -0.3 is 5.11 Å². The number of fused-ring (bicyclic) bond motifs is 1. The second kappa shape index (κ2) is 7.87. The van der Waals surface area contributed by atoms with Gasteiger partial charge in [0.15, 0.2) is 0 Å². The van der Waals surface area contributed by atoms with Gasteiger partial charge in [-0.2, -0.15) is 0 Å². The van der Waals surface area contributed by atoms with Gasteiger partial charge in [0.1, 0.15) is 11.6 Å². The van der Waals surface area contributed by atoms with Gasteiger partial charge in [0.05, 0.1) is 17.9 Å².